The van der Waals surface area contributed by atoms with E-state index in [2.05, 4.69) is 10.3 Å². The summed E-state index contributed by atoms with van der Waals surface area (Å²) in [5.74, 6) is -1.14. The van der Waals surface area contributed by atoms with Crippen LogP contribution in [0.3, 0.4) is 0 Å². The lowest BCUT2D eigenvalue weighted by Crippen LogP contribution is -2.53. The number of carbonyl (C=O) groups excluding carboxylic acids is 1. The van der Waals surface area contributed by atoms with Crippen LogP contribution in [0.5, 0.6) is 0 Å². The van der Waals surface area contributed by atoms with Gasteiger partial charge < -0.3 is 14.8 Å². The van der Waals surface area contributed by atoms with Crippen molar-refractivity contribution in [1.82, 2.24) is 10.3 Å². The summed E-state index contributed by atoms with van der Waals surface area (Å²) >= 11 is 0. The first-order valence-electron chi connectivity index (χ1n) is 5.86. The SMILES string of the molecule is CCC(CC)(NC(=O)c1oc(C)nc1C)C(=O)O. The molecule has 0 spiro atoms. The quantitative estimate of drug-likeness (QED) is 0.833. The maximum atomic E-state index is 12.0. The molecule has 18 heavy (non-hydrogen) atoms. The Morgan fingerprint density at radius 3 is 2.22 bits per heavy atom. The number of nitrogens with zero attached hydrogens (tertiary/aromatic N) is 1. The first-order valence-corrected chi connectivity index (χ1v) is 5.86. The molecule has 0 aromatic carbocycles. The molecule has 6 heteroatoms. The fourth-order valence-corrected chi connectivity index (χ4v) is 1.80. The number of carboxylic acids is 1. The molecule has 1 amide bonds. The number of hydrogen-bond donors (Lipinski definition) is 2. The number of amides is 1. The second-order valence-electron chi connectivity index (χ2n) is 4.20. The van der Waals surface area contributed by atoms with Crippen molar-refractivity contribution in [1.29, 1.82) is 0 Å². The molecule has 0 aliphatic heterocycles. The predicted molar refractivity (Wildman–Crippen MR) is 64.4 cm³/mol. The van der Waals surface area contributed by atoms with Crippen molar-refractivity contribution in [2.75, 3.05) is 0 Å². The van der Waals surface area contributed by atoms with Crippen LogP contribution in [0.2, 0.25) is 0 Å². The summed E-state index contributed by atoms with van der Waals surface area (Å²) in [5.41, 5.74) is -0.805. The molecule has 1 heterocycles. The van der Waals surface area contributed by atoms with Crippen LogP contribution in [-0.2, 0) is 4.79 Å². The largest absolute Gasteiger partial charge is 0.480 e. The molecule has 0 aliphatic rings. The first-order chi connectivity index (χ1) is 8.36. The summed E-state index contributed by atoms with van der Waals surface area (Å²) in [6, 6.07) is 0. The summed E-state index contributed by atoms with van der Waals surface area (Å²) in [6.45, 7) is 6.71. The van der Waals surface area contributed by atoms with Gasteiger partial charge in [-0.2, -0.15) is 0 Å². The van der Waals surface area contributed by atoms with E-state index in [4.69, 9.17) is 4.42 Å². The highest BCUT2D eigenvalue weighted by Gasteiger charge is 2.37. The van der Waals surface area contributed by atoms with E-state index in [1.165, 1.54) is 0 Å². The van der Waals surface area contributed by atoms with Crippen molar-refractivity contribution in [3.63, 3.8) is 0 Å². The van der Waals surface area contributed by atoms with Crippen LogP contribution >= 0.6 is 0 Å². The molecular weight excluding hydrogens is 236 g/mol. The third kappa shape index (κ3) is 2.52. The predicted octanol–water partition coefficient (Wildman–Crippen LogP) is 1.66. The Morgan fingerprint density at radius 1 is 1.33 bits per heavy atom. The highest BCUT2D eigenvalue weighted by atomic mass is 16.4. The standard InChI is InChI=1S/C12H18N2O4/c1-5-12(6-2,11(16)17)14-10(15)9-7(3)13-8(4)18-9/h5-6H2,1-4H3,(H,14,15)(H,16,17). The van der Waals surface area contributed by atoms with Gasteiger partial charge in [0.2, 0.25) is 5.76 Å². The summed E-state index contributed by atoms with van der Waals surface area (Å²) in [7, 11) is 0. The summed E-state index contributed by atoms with van der Waals surface area (Å²) in [6.07, 6.45) is 0.605. The fraction of sp³-hybridized carbons (Fsp3) is 0.583. The molecule has 0 bridgehead atoms. The van der Waals surface area contributed by atoms with Crippen molar-refractivity contribution in [3.05, 3.63) is 17.3 Å². The van der Waals surface area contributed by atoms with Gasteiger partial charge in [0.25, 0.3) is 5.91 Å². The number of aromatic nitrogens is 1. The van der Waals surface area contributed by atoms with Gasteiger partial charge >= 0.3 is 5.97 Å². The van der Waals surface area contributed by atoms with Crippen LogP contribution in [0.4, 0.5) is 0 Å². The molecule has 6 nitrogen and oxygen atoms in total. The number of oxazole rings is 1. The molecule has 1 aromatic heterocycles. The Morgan fingerprint density at radius 2 is 1.89 bits per heavy atom. The molecule has 2 N–H and O–H groups in total. The minimum absolute atomic E-state index is 0.0695. The Balaban J connectivity index is 2.99. The Kier molecular flexibility index (Phi) is 4.11. The van der Waals surface area contributed by atoms with Gasteiger partial charge in [-0.1, -0.05) is 13.8 Å². The number of carbonyl (C=O) groups is 2. The van der Waals surface area contributed by atoms with Gasteiger partial charge in [-0.3, -0.25) is 4.79 Å². The Bertz CT molecular complexity index is 461. The fourth-order valence-electron chi connectivity index (χ4n) is 1.80. The molecular formula is C12H18N2O4. The van der Waals surface area contributed by atoms with Crippen LogP contribution in [0.15, 0.2) is 4.42 Å². The molecule has 0 fully saturated rings. The number of carboxylic acid groups (broad SMARTS) is 1. The zero-order chi connectivity index (χ0) is 13.9. The minimum Gasteiger partial charge on any atom is -0.480 e. The summed E-state index contributed by atoms with van der Waals surface area (Å²) in [5, 5.41) is 11.8. The summed E-state index contributed by atoms with van der Waals surface area (Å²) < 4.78 is 5.17. The molecule has 0 saturated carbocycles. The van der Waals surface area contributed by atoms with Gasteiger partial charge in [0, 0.05) is 6.92 Å². The maximum Gasteiger partial charge on any atom is 0.329 e. The monoisotopic (exact) mass is 254 g/mol. The van der Waals surface area contributed by atoms with Crippen molar-refractivity contribution < 1.29 is 19.1 Å². The maximum absolute atomic E-state index is 12.0. The topological polar surface area (TPSA) is 92.4 Å². The third-order valence-electron chi connectivity index (χ3n) is 3.08. The molecule has 1 aromatic rings. The molecule has 0 saturated heterocycles. The molecule has 1 rings (SSSR count). The first kappa shape index (κ1) is 14.2. The van der Waals surface area contributed by atoms with Crippen LogP contribution in [0.25, 0.3) is 0 Å². The van der Waals surface area contributed by atoms with Crippen LogP contribution in [0.1, 0.15) is 48.8 Å². The number of hydrogen-bond acceptors (Lipinski definition) is 4. The van der Waals surface area contributed by atoms with Gasteiger partial charge in [-0.05, 0) is 19.8 Å². The lowest BCUT2D eigenvalue weighted by Gasteiger charge is -2.27. The number of aliphatic carboxylic acids is 1. The summed E-state index contributed by atoms with van der Waals surface area (Å²) in [4.78, 5) is 27.3. The highest BCUT2D eigenvalue weighted by Crippen LogP contribution is 2.18. The zero-order valence-corrected chi connectivity index (χ0v) is 11.0. The molecule has 0 radical (unpaired) electrons. The van der Waals surface area contributed by atoms with Gasteiger partial charge in [0.1, 0.15) is 5.54 Å². The Hall–Kier alpha value is -1.85. The van der Waals surface area contributed by atoms with Gasteiger partial charge in [0.05, 0.1) is 5.69 Å². The lowest BCUT2D eigenvalue weighted by molar-refractivity contribution is -0.144. The van der Waals surface area contributed by atoms with Crippen LogP contribution in [0, 0.1) is 13.8 Å². The van der Waals surface area contributed by atoms with Gasteiger partial charge in [-0.25, -0.2) is 9.78 Å². The minimum atomic E-state index is -1.26. The van der Waals surface area contributed by atoms with Crippen molar-refractivity contribution in [2.45, 2.75) is 46.1 Å². The second kappa shape index (κ2) is 5.20. The Labute approximate surface area is 105 Å². The smallest absolute Gasteiger partial charge is 0.329 e. The number of rotatable bonds is 5. The molecule has 0 aliphatic carbocycles. The van der Waals surface area contributed by atoms with Gasteiger partial charge in [0.15, 0.2) is 5.89 Å². The van der Waals surface area contributed by atoms with Crippen LogP contribution < -0.4 is 5.32 Å². The molecule has 100 valence electrons. The number of aryl methyl sites for hydroxylation is 2. The number of nitrogens with one attached hydrogen (secondary N) is 1. The lowest BCUT2D eigenvalue weighted by atomic mass is 9.93. The zero-order valence-electron chi connectivity index (χ0n) is 11.0. The van der Waals surface area contributed by atoms with E-state index in [-0.39, 0.29) is 5.76 Å². The normalized spacial score (nSPS) is 11.3. The van der Waals surface area contributed by atoms with Crippen molar-refractivity contribution in [2.24, 2.45) is 0 Å². The van der Waals surface area contributed by atoms with E-state index in [0.29, 0.717) is 24.4 Å². The van der Waals surface area contributed by atoms with E-state index < -0.39 is 17.4 Å². The van der Waals surface area contributed by atoms with Crippen LogP contribution in [-0.4, -0.2) is 27.5 Å². The van der Waals surface area contributed by atoms with E-state index in [1.807, 2.05) is 0 Å². The molecule has 0 atom stereocenters. The average molecular weight is 254 g/mol. The van der Waals surface area contributed by atoms with E-state index in [1.54, 1.807) is 27.7 Å². The third-order valence-corrected chi connectivity index (χ3v) is 3.08. The van der Waals surface area contributed by atoms with Crippen molar-refractivity contribution in [3.8, 4) is 0 Å². The second-order valence-corrected chi connectivity index (χ2v) is 4.20. The van der Waals surface area contributed by atoms with E-state index >= 15 is 0 Å². The van der Waals surface area contributed by atoms with Crippen molar-refractivity contribution >= 4 is 11.9 Å². The van der Waals surface area contributed by atoms with Gasteiger partial charge in [-0.15, -0.1) is 0 Å². The van der Waals surface area contributed by atoms with E-state index in [9.17, 15) is 14.7 Å². The molecule has 0 unspecified atom stereocenters. The average Bonchev–Trinajstić information content (AvgIpc) is 2.65. The highest BCUT2D eigenvalue weighted by molar-refractivity contribution is 5.96. The van der Waals surface area contributed by atoms with E-state index in [0.717, 1.165) is 0 Å².